The minimum absolute atomic E-state index is 0.268. The van der Waals surface area contributed by atoms with E-state index in [1.807, 2.05) is 18.2 Å². The van der Waals surface area contributed by atoms with E-state index < -0.39 is 0 Å². The molecule has 1 saturated heterocycles. The molecule has 0 saturated carbocycles. The molecule has 0 aliphatic carbocycles. The van der Waals surface area contributed by atoms with Crippen LogP contribution in [0.25, 0.3) is 0 Å². The summed E-state index contributed by atoms with van der Waals surface area (Å²) in [5.74, 6) is 1.51. The summed E-state index contributed by atoms with van der Waals surface area (Å²) in [6, 6.07) is 6.06. The van der Waals surface area contributed by atoms with Crippen LogP contribution in [-0.2, 0) is 6.54 Å². The number of benzene rings is 1. The highest BCUT2D eigenvalue weighted by Crippen LogP contribution is 2.26. The van der Waals surface area contributed by atoms with Gasteiger partial charge in [0.05, 0.1) is 7.11 Å². The van der Waals surface area contributed by atoms with Crippen molar-refractivity contribution in [1.82, 2.24) is 4.90 Å². The lowest BCUT2D eigenvalue weighted by Crippen LogP contribution is -2.41. The molecule has 4 heteroatoms. The van der Waals surface area contributed by atoms with Crippen LogP contribution in [0.15, 0.2) is 18.2 Å². The van der Waals surface area contributed by atoms with Gasteiger partial charge in [-0.25, -0.2) is 0 Å². The van der Waals surface area contributed by atoms with Crippen molar-refractivity contribution in [1.29, 1.82) is 0 Å². The first-order valence-corrected chi connectivity index (χ1v) is 7.28. The van der Waals surface area contributed by atoms with Crippen molar-refractivity contribution in [3.63, 3.8) is 0 Å². The molecule has 3 nitrogen and oxygen atoms in total. The molecule has 1 aromatic rings. The molecule has 0 spiro atoms. The first-order valence-electron chi connectivity index (χ1n) is 6.90. The number of hydrogen-bond donors (Lipinski definition) is 1. The third-order valence-corrected chi connectivity index (χ3v) is 4.16. The minimum Gasteiger partial charge on any atom is -0.496 e. The Morgan fingerprint density at radius 3 is 3.00 bits per heavy atom. The Labute approximate surface area is 120 Å². The fourth-order valence-corrected chi connectivity index (χ4v) is 2.97. The van der Waals surface area contributed by atoms with Crippen LogP contribution < -0.4 is 10.5 Å². The van der Waals surface area contributed by atoms with E-state index in [2.05, 4.69) is 11.8 Å². The number of nitrogens with zero attached hydrogens (tertiary/aromatic N) is 1. The van der Waals surface area contributed by atoms with Crippen molar-refractivity contribution >= 4 is 11.6 Å². The Bertz CT molecular complexity index is 423. The molecule has 1 fully saturated rings. The van der Waals surface area contributed by atoms with E-state index in [9.17, 15) is 0 Å². The Morgan fingerprint density at radius 1 is 1.53 bits per heavy atom. The van der Waals surface area contributed by atoms with Gasteiger partial charge in [-0.3, -0.25) is 4.90 Å². The predicted molar refractivity (Wildman–Crippen MR) is 79.7 cm³/mol. The third kappa shape index (κ3) is 3.85. The van der Waals surface area contributed by atoms with Gasteiger partial charge in [-0.1, -0.05) is 11.6 Å². The van der Waals surface area contributed by atoms with Crippen molar-refractivity contribution in [2.75, 3.05) is 20.2 Å². The molecule has 2 N–H and O–H groups in total. The third-order valence-electron chi connectivity index (χ3n) is 3.92. The van der Waals surface area contributed by atoms with Gasteiger partial charge in [0.15, 0.2) is 0 Å². The molecule has 1 aromatic carbocycles. The first-order chi connectivity index (χ1) is 9.10. The highest BCUT2D eigenvalue weighted by atomic mass is 35.5. The Balaban J connectivity index is 2.06. The van der Waals surface area contributed by atoms with E-state index in [0.717, 1.165) is 36.0 Å². The summed E-state index contributed by atoms with van der Waals surface area (Å²) in [7, 11) is 1.70. The average molecular weight is 283 g/mol. The number of nitrogens with two attached hydrogens (primary N) is 1. The normalized spacial score (nSPS) is 22.2. The maximum absolute atomic E-state index is 6.08. The molecular formula is C15H23ClN2O. The summed E-state index contributed by atoms with van der Waals surface area (Å²) >= 11 is 6.08. The molecule has 1 heterocycles. The summed E-state index contributed by atoms with van der Waals surface area (Å²) in [4.78, 5) is 2.45. The van der Waals surface area contributed by atoms with Crippen LogP contribution in [0.5, 0.6) is 5.75 Å². The standard InChI is InChI=1S/C15H23ClN2O/c1-11(17)12-4-3-7-18(9-12)10-13-8-14(16)5-6-15(13)19-2/h5-6,8,11-12H,3-4,7,9-10,17H2,1-2H3. The zero-order valence-electron chi connectivity index (χ0n) is 11.7. The maximum atomic E-state index is 6.08. The van der Waals surface area contributed by atoms with Crippen LogP contribution >= 0.6 is 11.6 Å². The van der Waals surface area contributed by atoms with Crippen LogP contribution in [0.1, 0.15) is 25.3 Å². The molecule has 19 heavy (non-hydrogen) atoms. The van der Waals surface area contributed by atoms with Crippen LogP contribution in [0, 0.1) is 5.92 Å². The number of likely N-dealkylation sites (tertiary alicyclic amines) is 1. The van der Waals surface area contributed by atoms with E-state index in [4.69, 9.17) is 22.1 Å². The number of hydrogen-bond acceptors (Lipinski definition) is 3. The Kier molecular flexibility index (Phi) is 5.08. The van der Waals surface area contributed by atoms with Gasteiger partial charge in [-0.05, 0) is 50.4 Å². The second-order valence-electron chi connectivity index (χ2n) is 5.45. The zero-order chi connectivity index (χ0) is 13.8. The van der Waals surface area contributed by atoms with Crippen molar-refractivity contribution in [3.8, 4) is 5.75 Å². The summed E-state index contributed by atoms with van der Waals surface area (Å²) in [6.45, 7) is 5.17. The molecule has 1 aliphatic heterocycles. The van der Waals surface area contributed by atoms with Gasteiger partial charge in [0, 0.05) is 29.7 Å². The van der Waals surface area contributed by atoms with Crippen LogP contribution in [-0.4, -0.2) is 31.1 Å². The van der Waals surface area contributed by atoms with Gasteiger partial charge in [0.25, 0.3) is 0 Å². The van der Waals surface area contributed by atoms with Crippen molar-refractivity contribution in [3.05, 3.63) is 28.8 Å². The second kappa shape index (κ2) is 6.60. The topological polar surface area (TPSA) is 38.5 Å². The van der Waals surface area contributed by atoms with Crippen LogP contribution in [0.2, 0.25) is 5.02 Å². The highest BCUT2D eigenvalue weighted by Gasteiger charge is 2.23. The minimum atomic E-state index is 0.268. The van der Waals surface area contributed by atoms with E-state index in [1.165, 1.54) is 12.8 Å². The largest absolute Gasteiger partial charge is 0.496 e. The van der Waals surface area contributed by atoms with E-state index in [0.29, 0.717) is 5.92 Å². The van der Waals surface area contributed by atoms with Crippen molar-refractivity contribution < 1.29 is 4.74 Å². The van der Waals surface area contributed by atoms with Crippen LogP contribution in [0.4, 0.5) is 0 Å². The molecule has 0 aromatic heterocycles. The number of rotatable bonds is 4. The van der Waals surface area contributed by atoms with Crippen molar-refractivity contribution in [2.45, 2.75) is 32.4 Å². The van der Waals surface area contributed by atoms with Gasteiger partial charge >= 0.3 is 0 Å². The van der Waals surface area contributed by atoms with E-state index in [-0.39, 0.29) is 6.04 Å². The summed E-state index contributed by atoms with van der Waals surface area (Å²) < 4.78 is 5.41. The lowest BCUT2D eigenvalue weighted by atomic mass is 9.92. The fourth-order valence-electron chi connectivity index (χ4n) is 2.78. The second-order valence-corrected chi connectivity index (χ2v) is 5.89. The molecule has 0 radical (unpaired) electrons. The predicted octanol–water partition coefficient (Wildman–Crippen LogP) is 2.91. The average Bonchev–Trinajstić information content (AvgIpc) is 2.39. The maximum Gasteiger partial charge on any atom is 0.123 e. The van der Waals surface area contributed by atoms with Gasteiger partial charge in [0.2, 0.25) is 0 Å². The lowest BCUT2D eigenvalue weighted by Gasteiger charge is -2.34. The highest BCUT2D eigenvalue weighted by molar-refractivity contribution is 6.30. The number of methoxy groups -OCH3 is 1. The Morgan fingerprint density at radius 2 is 2.32 bits per heavy atom. The fraction of sp³-hybridized carbons (Fsp3) is 0.600. The smallest absolute Gasteiger partial charge is 0.123 e. The monoisotopic (exact) mass is 282 g/mol. The molecule has 106 valence electrons. The number of piperidine rings is 1. The van der Waals surface area contributed by atoms with Gasteiger partial charge in [-0.2, -0.15) is 0 Å². The van der Waals surface area contributed by atoms with E-state index >= 15 is 0 Å². The molecule has 0 amide bonds. The summed E-state index contributed by atoms with van der Waals surface area (Å²) in [5.41, 5.74) is 7.18. The molecule has 0 bridgehead atoms. The van der Waals surface area contributed by atoms with Gasteiger partial charge < -0.3 is 10.5 Å². The molecular weight excluding hydrogens is 260 g/mol. The molecule has 2 unspecified atom stereocenters. The lowest BCUT2D eigenvalue weighted by molar-refractivity contribution is 0.153. The quantitative estimate of drug-likeness (QED) is 0.923. The number of halogens is 1. The van der Waals surface area contributed by atoms with E-state index in [1.54, 1.807) is 7.11 Å². The first kappa shape index (κ1) is 14.6. The molecule has 1 aliphatic rings. The SMILES string of the molecule is COc1ccc(Cl)cc1CN1CCCC(C(C)N)C1. The number of ether oxygens (including phenoxy) is 1. The van der Waals surface area contributed by atoms with Crippen LogP contribution in [0.3, 0.4) is 0 Å². The summed E-state index contributed by atoms with van der Waals surface area (Å²) in [5, 5.41) is 0.761. The molecule has 2 atom stereocenters. The Hall–Kier alpha value is -0.770. The zero-order valence-corrected chi connectivity index (χ0v) is 12.5. The van der Waals surface area contributed by atoms with Crippen molar-refractivity contribution in [2.24, 2.45) is 11.7 Å². The molecule has 2 rings (SSSR count). The van der Waals surface area contributed by atoms with Gasteiger partial charge in [0.1, 0.15) is 5.75 Å². The summed E-state index contributed by atoms with van der Waals surface area (Å²) in [6.07, 6.45) is 2.45. The van der Waals surface area contributed by atoms with Gasteiger partial charge in [-0.15, -0.1) is 0 Å².